The first kappa shape index (κ1) is 16.5. The summed E-state index contributed by atoms with van der Waals surface area (Å²) in [6, 6.07) is 3.41. The lowest BCUT2D eigenvalue weighted by Gasteiger charge is -2.34. The molecule has 2 rings (SSSR count). The summed E-state index contributed by atoms with van der Waals surface area (Å²) in [5, 5.41) is 2.96. The summed E-state index contributed by atoms with van der Waals surface area (Å²) in [6.45, 7) is 9.56. The van der Waals surface area contributed by atoms with Gasteiger partial charge in [0, 0.05) is 44.7 Å². The second kappa shape index (κ2) is 6.96. The third kappa shape index (κ3) is 4.87. The van der Waals surface area contributed by atoms with Crippen molar-refractivity contribution in [1.82, 2.24) is 15.1 Å². The number of piperazine rings is 1. The van der Waals surface area contributed by atoms with Crippen LogP contribution in [0.15, 0.2) is 22.8 Å². The first-order valence-corrected chi connectivity index (χ1v) is 7.71. The molecule has 0 aliphatic carbocycles. The van der Waals surface area contributed by atoms with Gasteiger partial charge in [-0.05, 0) is 32.9 Å². The van der Waals surface area contributed by atoms with Gasteiger partial charge < -0.3 is 14.6 Å². The lowest BCUT2D eigenvalue weighted by atomic mass is 10.1. The van der Waals surface area contributed by atoms with Gasteiger partial charge in [-0.15, -0.1) is 0 Å². The van der Waals surface area contributed by atoms with E-state index >= 15 is 0 Å². The summed E-state index contributed by atoms with van der Waals surface area (Å²) in [7, 11) is 0. The zero-order valence-corrected chi connectivity index (χ0v) is 13.6. The Morgan fingerprint density at radius 3 is 2.45 bits per heavy atom. The van der Waals surface area contributed by atoms with Crippen LogP contribution in [0.4, 0.5) is 0 Å². The molecule has 1 N–H and O–H groups in total. The molecule has 122 valence electrons. The van der Waals surface area contributed by atoms with E-state index in [4.69, 9.17) is 4.42 Å². The van der Waals surface area contributed by atoms with Crippen LogP contribution < -0.4 is 5.32 Å². The molecule has 0 unspecified atom stereocenters. The lowest BCUT2D eigenvalue weighted by Crippen LogP contribution is -2.49. The fourth-order valence-corrected chi connectivity index (χ4v) is 2.47. The van der Waals surface area contributed by atoms with Crippen molar-refractivity contribution in [2.45, 2.75) is 32.7 Å². The number of hydrogen-bond donors (Lipinski definition) is 1. The highest BCUT2D eigenvalue weighted by atomic mass is 16.3. The molecule has 1 aromatic heterocycles. The molecule has 6 heteroatoms. The number of nitrogens with one attached hydrogen (secondary N) is 1. The van der Waals surface area contributed by atoms with Crippen LogP contribution in [-0.2, 0) is 4.79 Å². The van der Waals surface area contributed by atoms with E-state index in [9.17, 15) is 9.59 Å². The van der Waals surface area contributed by atoms with Crippen molar-refractivity contribution in [1.29, 1.82) is 0 Å². The van der Waals surface area contributed by atoms with E-state index in [1.807, 2.05) is 20.8 Å². The fourth-order valence-electron chi connectivity index (χ4n) is 2.47. The maximum atomic E-state index is 12.1. The Morgan fingerprint density at radius 1 is 1.23 bits per heavy atom. The molecule has 1 aliphatic rings. The number of rotatable bonds is 4. The van der Waals surface area contributed by atoms with Crippen LogP contribution in [0.2, 0.25) is 0 Å². The predicted molar refractivity (Wildman–Crippen MR) is 83.6 cm³/mol. The summed E-state index contributed by atoms with van der Waals surface area (Å²) in [4.78, 5) is 28.0. The van der Waals surface area contributed by atoms with E-state index in [-0.39, 0.29) is 17.4 Å². The van der Waals surface area contributed by atoms with Gasteiger partial charge in [-0.2, -0.15) is 0 Å². The molecule has 1 fully saturated rings. The fraction of sp³-hybridized carbons (Fsp3) is 0.625. The van der Waals surface area contributed by atoms with Gasteiger partial charge in [0.05, 0.1) is 6.26 Å². The third-order valence-electron chi connectivity index (χ3n) is 3.56. The van der Waals surface area contributed by atoms with Crippen LogP contribution in [0.1, 0.15) is 37.7 Å². The summed E-state index contributed by atoms with van der Waals surface area (Å²) in [5.74, 6) is 0.398. The zero-order valence-electron chi connectivity index (χ0n) is 13.6. The third-order valence-corrected chi connectivity index (χ3v) is 3.56. The lowest BCUT2D eigenvalue weighted by molar-refractivity contribution is -0.122. The highest BCUT2D eigenvalue weighted by Gasteiger charge is 2.24. The number of carbonyl (C=O) groups excluding carboxylic acids is 2. The average molecular weight is 307 g/mol. The molecule has 0 aromatic carbocycles. The molecule has 0 atom stereocenters. The zero-order chi connectivity index (χ0) is 16.2. The van der Waals surface area contributed by atoms with Crippen LogP contribution in [0.5, 0.6) is 0 Å². The Morgan fingerprint density at radius 2 is 1.91 bits per heavy atom. The monoisotopic (exact) mass is 307 g/mol. The van der Waals surface area contributed by atoms with Gasteiger partial charge in [-0.1, -0.05) is 0 Å². The molecule has 1 aliphatic heterocycles. The van der Waals surface area contributed by atoms with Crippen LogP contribution in [-0.4, -0.2) is 59.9 Å². The van der Waals surface area contributed by atoms with Gasteiger partial charge >= 0.3 is 0 Å². The number of hydrogen-bond acceptors (Lipinski definition) is 4. The number of amides is 2. The largest absolute Gasteiger partial charge is 0.459 e. The molecule has 0 bridgehead atoms. The summed E-state index contributed by atoms with van der Waals surface area (Å²) in [6.07, 6.45) is 2.00. The minimum atomic E-state index is -0.189. The van der Waals surface area contributed by atoms with Crippen LogP contribution in [0.3, 0.4) is 0 Å². The second-order valence-corrected chi connectivity index (χ2v) is 6.66. The summed E-state index contributed by atoms with van der Waals surface area (Å²) >= 11 is 0. The quantitative estimate of drug-likeness (QED) is 0.912. The molecule has 2 heterocycles. The molecular weight excluding hydrogens is 282 g/mol. The van der Waals surface area contributed by atoms with Gasteiger partial charge in [0.1, 0.15) is 0 Å². The van der Waals surface area contributed by atoms with E-state index in [1.54, 1.807) is 17.0 Å². The Bertz CT molecular complexity index is 497. The number of furan rings is 1. The van der Waals surface area contributed by atoms with Crippen molar-refractivity contribution in [2.75, 3.05) is 32.7 Å². The Labute approximate surface area is 131 Å². The van der Waals surface area contributed by atoms with Crippen molar-refractivity contribution in [3.63, 3.8) is 0 Å². The molecule has 6 nitrogen and oxygen atoms in total. The Kier molecular flexibility index (Phi) is 5.24. The van der Waals surface area contributed by atoms with Crippen LogP contribution >= 0.6 is 0 Å². The highest BCUT2D eigenvalue weighted by molar-refractivity contribution is 5.91. The summed E-state index contributed by atoms with van der Waals surface area (Å²) < 4.78 is 5.14. The van der Waals surface area contributed by atoms with Crippen molar-refractivity contribution >= 4 is 11.8 Å². The highest BCUT2D eigenvalue weighted by Crippen LogP contribution is 2.09. The first-order chi connectivity index (χ1) is 10.3. The maximum absolute atomic E-state index is 12.1. The minimum Gasteiger partial charge on any atom is -0.459 e. The molecule has 2 amide bonds. The van der Waals surface area contributed by atoms with Gasteiger partial charge in [0.15, 0.2) is 5.76 Å². The molecular formula is C16H25N3O3. The van der Waals surface area contributed by atoms with Crippen molar-refractivity contribution < 1.29 is 14.0 Å². The molecule has 0 saturated carbocycles. The van der Waals surface area contributed by atoms with Crippen LogP contribution in [0.25, 0.3) is 0 Å². The van der Waals surface area contributed by atoms with E-state index in [0.29, 0.717) is 25.3 Å². The predicted octanol–water partition coefficient (Wildman–Crippen LogP) is 1.34. The Hall–Kier alpha value is -1.82. The smallest absolute Gasteiger partial charge is 0.289 e. The molecule has 0 spiro atoms. The number of carbonyl (C=O) groups is 2. The first-order valence-electron chi connectivity index (χ1n) is 7.71. The minimum absolute atomic E-state index is 0.0601. The molecule has 1 saturated heterocycles. The Balaban J connectivity index is 1.71. The van der Waals surface area contributed by atoms with E-state index in [0.717, 1.165) is 19.6 Å². The average Bonchev–Trinajstić information content (AvgIpc) is 2.97. The number of nitrogens with zero attached hydrogens (tertiary/aromatic N) is 2. The van der Waals surface area contributed by atoms with E-state index < -0.39 is 0 Å². The summed E-state index contributed by atoms with van der Waals surface area (Å²) in [5.41, 5.74) is -0.189. The topological polar surface area (TPSA) is 65.8 Å². The van der Waals surface area contributed by atoms with Crippen molar-refractivity contribution in [2.24, 2.45) is 0 Å². The second-order valence-electron chi connectivity index (χ2n) is 6.66. The normalized spacial score (nSPS) is 16.6. The molecule has 22 heavy (non-hydrogen) atoms. The van der Waals surface area contributed by atoms with Crippen LogP contribution in [0, 0.1) is 0 Å². The van der Waals surface area contributed by atoms with E-state index in [2.05, 4.69) is 10.2 Å². The van der Waals surface area contributed by atoms with Gasteiger partial charge in [-0.3, -0.25) is 14.5 Å². The van der Waals surface area contributed by atoms with Crippen molar-refractivity contribution in [3.05, 3.63) is 24.2 Å². The van der Waals surface area contributed by atoms with Gasteiger partial charge in [0.2, 0.25) is 5.91 Å². The van der Waals surface area contributed by atoms with Gasteiger partial charge in [-0.25, -0.2) is 0 Å². The maximum Gasteiger partial charge on any atom is 0.289 e. The van der Waals surface area contributed by atoms with Gasteiger partial charge in [0.25, 0.3) is 5.91 Å². The van der Waals surface area contributed by atoms with E-state index in [1.165, 1.54) is 6.26 Å². The standard InChI is InChI=1S/C16H25N3O3/c1-16(2,3)17-14(20)6-7-18-8-10-19(11-9-18)15(21)13-5-4-12-22-13/h4-5,12H,6-11H2,1-3H3,(H,17,20). The molecule has 1 aromatic rings. The SMILES string of the molecule is CC(C)(C)NC(=O)CCN1CCN(C(=O)c2ccco2)CC1. The molecule has 0 radical (unpaired) electrons. The van der Waals surface area contributed by atoms with Crippen molar-refractivity contribution in [3.8, 4) is 0 Å².